The predicted octanol–water partition coefficient (Wildman–Crippen LogP) is 3.32. The zero-order valence-electron chi connectivity index (χ0n) is 12.8. The van der Waals surface area contributed by atoms with E-state index < -0.39 is 5.97 Å². The van der Waals surface area contributed by atoms with Crippen LogP contribution in [0.3, 0.4) is 0 Å². The summed E-state index contributed by atoms with van der Waals surface area (Å²) in [5.41, 5.74) is 0.365. The van der Waals surface area contributed by atoms with Gasteiger partial charge < -0.3 is 18.9 Å². The number of carbonyl (C=O) groups is 1. The minimum absolute atomic E-state index is 0.365. The van der Waals surface area contributed by atoms with Crippen molar-refractivity contribution in [3.63, 3.8) is 0 Å². The molecule has 2 aromatic rings. The van der Waals surface area contributed by atoms with Crippen molar-refractivity contribution in [1.82, 2.24) is 0 Å². The smallest absolute Gasteiger partial charge is 0.343 e. The Kier molecular flexibility index (Phi) is 5.25. The van der Waals surface area contributed by atoms with Gasteiger partial charge in [-0.1, -0.05) is 12.1 Å². The molecule has 5 nitrogen and oxygen atoms in total. The summed E-state index contributed by atoms with van der Waals surface area (Å²) in [7, 11) is 3.05. The number of rotatable bonds is 6. The van der Waals surface area contributed by atoms with Gasteiger partial charge in [-0.2, -0.15) is 0 Å². The molecule has 0 radical (unpaired) electrons. The minimum Gasteiger partial charge on any atom is -0.493 e. The molecule has 0 saturated heterocycles. The van der Waals surface area contributed by atoms with Crippen molar-refractivity contribution in [3.8, 4) is 23.0 Å². The maximum Gasteiger partial charge on any atom is 0.343 e. The fraction of sp³-hybridized carbons (Fsp3) is 0.235. The van der Waals surface area contributed by atoms with Gasteiger partial charge in [0.25, 0.3) is 0 Å². The van der Waals surface area contributed by atoms with Crippen LogP contribution in [0.5, 0.6) is 23.0 Å². The van der Waals surface area contributed by atoms with Crippen LogP contribution in [-0.4, -0.2) is 26.8 Å². The second kappa shape index (κ2) is 7.36. The van der Waals surface area contributed by atoms with E-state index in [1.54, 1.807) is 36.4 Å². The Balaban J connectivity index is 2.22. The maximum absolute atomic E-state index is 12.3. The Bertz CT molecular complexity index is 651. The highest BCUT2D eigenvalue weighted by Gasteiger charge is 2.15. The monoisotopic (exact) mass is 302 g/mol. The number of hydrogen-bond donors (Lipinski definition) is 0. The third-order valence-electron chi connectivity index (χ3n) is 2.97. The fourth-order valence-corrected chi connectivity index (χ4v) is 1.93. The molecule has 0 atom stereocenters. The maximum atomic E-state index is 12.3. The molecule has 5 heteroatoms. The van der Waals surface area contributed by atoms with Crippen LogP contribution in [-0.2, 0) is 0 Å². The molecule has 0 N–H and O–H groups in total. The molecule has 2 rings (SSSR count). The van der Waals surface area contributed by atoms with E-state index in [1.165, 1.54) is 14.2 Å². The van der Waals surface area contributed by atoms with Crippen LogP contribution < -0.4 is 18.9 Å². The van der Waals surface area contributed by atoms with Crippen molar-refractivity contribution < 1.29 is 23.7 Å². The summed E-state index contributed by atoms with van der Waals surface area (Å²) >= 11 is 0. The molecule has 22 heavy (non-hydrogen) atoms. The van der Waals surface area contributed by atoms with E-state index in [2.05, 4.69) is 0 Å². The van der Waals surface area contributed by atoms with Gasteiger partial charge in [0.15, 0.2) is 23.0 Å². The summed E-state index contributed by atoms with van der Waals surface area (Å²) in [6.45, 7) is 2.36. The van der Waals surface area contributed by atoms with E-state index in [0.717, 1.165) is 0 Å². The van der Waals surface area contributed by atoms with Gasteiger partial charge in [-0.3, -0.25) is 0 Å². The van der Waals surface area contributed by atoms with Gasteiger partial charge in [0.2, 0.25) is 0 Å². The molecule has 0 aliphatic heterocycles. The number of carbonyl (C=O) groups excluding carboxylic acids is 1. The summed E-state index contributed by atoms with van der Waals surface area (Å²) in [5.74, 6) is 1.43. The normalized spacial score (nSPS) is 9.95. The van der Waals surface area contributed by atoms with Crippen LogP contribution in [0.25, 0.3) is 0 Å². The number of methoxy groups -OCH3 is 2. The van der Waals surface area contributed by atoms with Crippen molar-refractivity contribution in [2.75, 3.05) is 20.8 Å². The van der Waals surface area contributed by atoms with Gasteiger partial charge in [-0.15, -0.1) is 0 Å². The number of hydrogen-bond acceptors (Lipinski definition) is 5. The third kappa shape index (κ3) is 3.49. The molecule has 0 amide bonds. The van der Waals surface area contributed by atoms with Gasteiger partial charge in [-0.05, 0) is 37.3 Å². The minimum atomic E-state index is -0.492. The highest BCUT2D eigenvalue weighted by Crippen LogP contribution is 2.30. The Morgan fingerprint density at radius 2 is 1.59 bits per heavy atom. The predicted molar refractivity (Wildman–Crippen MR) is 82.1 cm³/mol. The SMILES string of the molecule is CCOc1ccccc1OC(=O)c1ccc(OC)c(OC)c1. The lowest BCUT2D eigenvalue weighted by atomic mass is 10.2. The zero-order valence-corrected chi connectivity index (χ0v) is 12.8. The molecule has 0 aromatic heterocycles. The Morgan fingerprint density at radius 1 is 0.909 bits per heavy atom. The fourth-order valence-electron chi connectivity index (χ4n) is 1.93. The van der Waals surface area contributed by atoms with Crippen LogP contribution in [0, 0.1) is 0 Å². The van der Waals surface area contributed by atoms with E-state index in [1.807, 2.05) is 13.0 Å². The van der Waals surface area contributed by atoms with Crippen molar-refractivity contribution in [2.45, 2.75) is 6.92 Å². The average Bonchev–Trinajstić information content (AvgIpc) is 2.56. The summed E-state index contributed by atoms with van der Waals surface area (Å²) in [5, 5.41) is 0. The first kappa shape index (κ1) is 15.7. The van der Waals surface area contributed by atoms with Crippen LogP contribution in [0.4, 0.5) is 0 Å². The van der Waals surface area contributed by atoms with Gasteiger partial charge in [-0.25, -0.2) is 4.79 Å². The largest absolute Gasteiger partial charge is 0.493 e. The molecule has 0 heterocycles. The second-order valence-electron chi connectivity index (χ2n) is 4.34. The number of esters is 1. The lowest BCUT2D eigenvalue weighted by molar-refractivity contribution is 0.0728. The first-order valence-electron chi connectivity index (χ1n) is 6.85. The summed E-state index contributed by atoms with van der Waals surface area (Å²) in [6.07, 6.45) is 0. The number of para-hydroxylation sites is 2. The molecular weight excluding hydrogens is 284 g/mol. The topological polar surface area (TPSA) is 54.0 Å². The number of ether oxygens (including phenoxy) is 4. The highest BCUT2D eigenvalue weighted by molar-refractivity contribution is 5.92. The van der Waals surface area contributed by atoms with Gasteiger partial charge in [0.1, 0.15) is 0 Å². The van der Waals surface area contributed by atoms with Gasteiger partial charge in [0, 0.05) is 0 Å². The van der Waals surface area contributed by atoms with Crippen LogP contribution >= 0.6 is 0 Å². The first-order valence-corrected chi connectivity index (χ1v) is 6.85. The lowest BCUT2D eigenvalue weighted by Gasteiger charge is -2.11. The van der Waals surface area contributed by atoms with Crippen molar-refractivity contribution in [3.05, 3.63) is 48.0 Å². The molecule has 0 fully saturated rings. The van der Waals surface area contributed by atoms with Gasteiger partial charge in [0.05, 0.1) is 26.4 Å². The van der Waals surface area contributed by atoms with Crippen LogP contribution in [0.15, 0.2) is 42.5 Å². The van der Waals surface area contributed by atoms with Crippen LogP contribution in [0.1, 0.15) is 17.3 Å². The van der Waals surface area contributed by atoms with Crippen LogP contribution in [0.2, 0.25) is 0 Å². The van der Waals surface area contributed by atoms with E-state index in [9.17, 15) is 4.79 Å². The summed E-state index contributed by atoms with van der Waals surface area (Å²) in [4.78, 5) is 12.3. The third-order valence-corrected chi connectivity index (χ3v) is 2.97. The molecule has 0 saturated carbocycles. The standard InChI is InChI=1S/C17H18O5/c1-4-21-14-7-5-6-8-15(14)22-17(18)12-9-10-13(19-2)16(11-12)20-3/h5-11H,4H2,1-3H3. The van der Waals surface area contributed by atoms with Crippen molar-refractivity contribution in [2.24, 2.45) is 0 Å². The lowest BCUT2D eigenvalue weighted by Crippen LogP contribution is -2.10. The van der Waals surface area contributed by atoms with Crippen molar-refractivity contribution >= 4 is 5.97 Å². The molecule has 0 unspecified atom stereocenters. The molecule has 0 bridgehead atoms. The first-order chi connectivity index (χ1) is 10.7. The molecule has 116 valence electrons. The summed E-state index contributed by atoms with van der Waals surface area (Å²) in [6, 6.07) is 11.9. The average molecular weight is 302 g/mol. The van der Waals surface area contributed by atoms with E-state index in [0.29, 0.717) is 35.2 Å². The van der Waals surface area contributed by atoms with E-state index in [4.69, 9.17) is 18.9 Å². The van der Waals surface area contributed by atoms with Crippen molar-refractivity contribution in [1.29, 1.82) is 0 Å². The number of benzene rings is 2. The van der Waals surface area contributed by atoms with E-state index >= 15 is 0 Å². The molecule has 0 aliphatic rings. The van der Waals surface area contributed by atoms with Gasteiger partial charge >= 0.3 is 5.97 Å². The Hall–Kier alpha value is -2.69. The van der Waals surface area contributed by atoms with E-state index in [-0.39, 0.29) is 0 Å². The molecular formula is C17H18O5. The Labute approximate surface area is 129 Å². The Morgan fingerprint density at radius 3 is 2.23 bits per heavy atom. The molecule has 0 spiro atoms. The summed E-state index contributed by atoms with van der Waals surface area (Å²) < 4.78 is 21.2. The highest BCUT2D eigenvalue weighted by atomic mass is 16.6. The zero-order chi connectivity index (χ0) is 15.9. The molecule has 0 aliphatic carbocycles. The quantitative estimate of drug-likeness (QED) is 0.605. The molecule has 2 aromatic carbocycles. The second-order valence-corrected chi connectivity index (χ2v) is 4.34.